The van der Waals surface area contributed by atoms with Crippen LogP contribution in [0, 0.1) is 0 Å². The molecule has 41 heavy (non-hydrogen) atoms. The summed E-state index contributed by atoms with van der Waals surface area (Å²) in [5, 5.41) is 3.60. The molecule has 6 rings (SSSR count). The maximum Gasteiger partial charge on any atom is 0.412 e. The SMILES string of the molecule is CCC[C@@H]1N[C@@]2(C(=O)N(C)c3ccccc32)[C@]2(C(=O)N(Cc3ccccc3)c3ccccc32)N1C(=O)OC(C)(C)C. The third kappa shape index (κ3) is 3.66. The quantitative estimate of drug-likeness (QED) is 0.477. The van der Waals surface area contributed by atoms with Crippen LogP contribution in [0.15, 0.2) is 78.9 Å². The molecule has 212 valence electrons. The lowest BCUT2D eigenvalue weighted by molar-refractivity contribution is -0.139. The predicted octanol–water partition coefficient (Wildman–Crippen LogP) is 5.27. The number of hydrogen-bond acceptors (Lipinski definition) is 5. The van der Waals surface area contributed by atoms with E-state index in [0.29, 0.717) is 35.5 Å². The number of amides is 3. The van der Waals surface area contributed by atoms with Crippen molar-refractivity contribution in [1.29, 1.82) is 0 Å². The van der Waals surface area contributed by atoms with Crippen molar-refractivity contribution in [3.63, 3.8) is 0 Å². The van der Waals surface area contributed by atoms with Gasteiger partial charge >= 0.3 is 6.09 Å². The number of benzene rings is 3. The Hall–Kier alpha value is -4.17. The molecule has 1 saturated heterocycles. The van der Waals surface area contributed by atoms with Gasteiger partial charge in [0.2, 0.25) is 0 Å². The number of hydrogen-bond donors (Lipinski definition) is 1. The first-order valence-electron chi connectivity index (χ1n) is 14.2. The van der Waals surface area contributed by atoms with Crippen LogP contribution in [0.5, 0.6) is 0 Å². The molecule has 0 radical (unpaired) electrons. The van der Waals surface area contributed by atoms with E-state index >= 15 is 4.79 Å². The number of rotatable bonds is 4. The summed E-state index contributed by atoms with van der Waals surface area (Å²) >= 11 is 0. The lowest BCUT2D eigenvalue weighted by atomic mass is 9.69. The summed E-state index contributed by atoms with van der Waals surface area (Å²) in [6, 6.07) is 24.8. The molecule has 3 aromatic rings. The van der Waals surface area contributed by atoms with Crippen LogP contribution in [-0.4, -0.2) is 41.6 Å². The summed E-state index contributed by atoms with van der Waals surface area (Å²) in [7, 11) is 1.73. The van der Waals surface area contributed by atoms with Crippen molar-refractivity contribution >= 4 is 29.3 Å². The first kappa shape index (κ1) is 27.0. The smallest absolute Gasteiger partial charge is 0.412 e. The monoisotopic (exact) mass is 552 g/mol. The van der Waals surface area contributed by atoms with E-state index in [1.165, 1.54) is 0 Å². The van der Waals surface area contributed by atoms with Crippen molar-refractivity contribution in [3.8, 4) is 0 Å². The molecule has 3 atom stereocenters. The molecule has 8 nitrogen and oxygen atoms in total. The fraction of sp³-hybridized carbons (Fsp3) is 0.364. The Morgan fingerprint density at radius 2 is 1.49 bits per heavy atom. The van der Waals surface area contributed by atoms with E-state index in [1.54, 1.807) is 21.7 Å². The molecule has 0 bridgehead atoms. The Balaban J connectivity index is 1.68. The van der Waals surface area contributed by atoms with Crippen LogP contribution in [0.2, 0.25) is 0 Å². The van der Waals surface area contributed by atoms with Gasteiger partial charge in [0.1, 0.15) is 5.60 Å². The van der Waals surface area contributed by atoms with Gasteiger partial charge in [0.15, 0.2) is 11.1 Å². The Kier molecular flexibility index (Phi) is 6.23. The number of nitrogens with one attached hydrogen (secondary N) is 1. The molecule has 1 fully saturated rings. The normalized spacial score (nSPS) is 24.9. The van der Waals surface area contributed by atoms with E-state index in [0.717, 1.165) is 12.0 Å². The van der Waals surface area contributed by atoms with E-state index in [2.05, 4.69) is 5.32 Å². The highest BCUT2D eigenvalue weighted by atomic mass is 16.6. The average molecular weight is 553 g/mol. The van der Waals surface area contributed by atoms with E-state index in [4.69, 9.17) is 4.74 Å². The minimum atomic E-state index is -1.72. The molecule has 0 aromatic heterocycles. The Morgan fingerprint density at radius 1 is 0.878 bits per heavy atom. The van der Waals surface area contributed by atoms with Gasteiger partial charge in [-0.1, -0.05) is 80.1 Å². The number of fused-ring (bicyclic) bond motifs is 5. The van der Waals surface area contributed by atoms with Crippen molar-refractivity contribution in [1.82, 2.24) is 10.2 Å². The lowest BCUT2D eigenvalue weighted by Gasteiger charge is -2.43. The maximum absolute atomic E-state index is 15.3. The standard InChI is InChI=1S/C33H36N4O4/c1-6-14-27-34-32(23-17-10-12-19-25(23)35(5)28(32)38)33(37(27)30(40)41-31(2,3)4)24-18-11-13-20-26(24)36(29(33)39)21-22-15-8-7-9-16-22/h7-13,15-20,27,34H,6,14,21H2,1-5H3/t27-,32+,33+/m1/s1. The first-order chi connectivity index (χ1) is 19.6. The fourth-order valence-electron chi connectivity index (χ4n) is 6.88. The molecule has 3 aromatic carbocycles. The van der Waals surface area contributed by atoms with Gasteiger partial charge in [-0.25, -0.2) is 4.79 Å². The second-order valence-corrected chi connectivity index (χ2v) is 12.0. The van der Waals surface area contributed by atoms with Crippen LogP contribution in [0.3, 0.4) is 0 Å². The molecule has 3 aliphatic heterocycles. The summed E-state index contributed by atoms with van der Waals surface area (Å²) < 4.78 is 6.01. The van der Waals surface area contributed by atoms with E-state index < -0.39 is 28.9 Å². The van der Waals surface area contributed by atoms with Crippen molar-refractivity contribution in [2.24, 2.45) is 0 Å². The summed E-state index contributed by atoms with van der Waals surface area (Å²) in [5.74, 6) is -0.617. The number of carbonyl (C=O) groups excluding carboxylic acids is 3. The molecular weight excluding hydrogens is 516 g/mol. The molecule has 0 aliphatic carbocycles. The summed E-state index contributed by atoms with van der Waals surface area (Å²) in [5.41, 5.74) is -0.501. The average Bonchev–Trinajstić information content (AvgIpc) is 3.47. The molecule has 3 heterocycles. The zero-order valence-electron chi connectivity index (χ0n) is 24.2. The largest absolute Gasteiger partial charge is 0.444 e. The topological polar surface area (TPSA) is 82.2 Å². The molecule has 2 spiro atoms. The highest BCUT2D eigenvalue weighted by molar-refractivity contribution is 6.19. The number of ether oxygens (including phenoxy) is 1. The van der Waals surface area contributed by atoms with Crippen molar-refractivity contribution in [2.75, 3.05) is 16.8 Å². The summed E-state index contributed by atoms with van der Waals surface area (Å²) in [4.78, 5) is 49.2. The second kappa shape index (κ2) is 9.45. The maximum atomic E-state index is 15.3. The molecule has 1 N–H and O–H groups in total. The van der Waals surface area contributed by atoms with Crippen LogP contribution >= 0.6 is 0 Å². The molecular formula is C33H36N4O4. The van der Waals surface area contributed by atoms with Gasteiger partial charge in [-0.2, -0.15) is 0 Å². The molecule has 3 amide bonds. The van der Waals surface area contributed by atoms with Gasteiger partial charge in [-0.05, 0) is 44.9 Å². The van der Waals surface area contributed by atoms with Crippen LogP contribution in [0.1, 0.15) is 57.2 Å². The lowest BCUT2D eigenvalue weighted by Crippen LogP contribution is -2.66. The van der Waals surface area contributed by atoms with Crippen molar-refractivity contribution in [2.45, 2.75) is 69.9 Å². The van der Waals surface area contributed by atoms with Crippen LogP contribution < -0.4 is 15.1 Å². The number of nitrogens with zero attached hydrogens (tertiary/aromatic N) is 3. The van der Waals surface area contributed by atoms with E-state index in [1.807, 2.05) is 107 Å². The minimum absolute atomic E-state index is 0.282. The Bertz CT molecular complexity index is 1530. The molecule has 0 saturated carbocycles. The highest BCUT2D eigenvalue weighted by Gasteiger charge is 2.79. The van der Waals surface area contributed by atoms with Gasteiger partial charge in [0, 0.05) is 23.9 Å². The third-order valence-electron chi connectivity index (χ3n) is 8.37. The predicted molar refractivity (Wildman–Crippen MR) is 157 cm³/mol. The van der Waals surface area contributed by atoms with Crippen molar-refractivity contribution < 1.29 is 19.1 Å². The van der Waals surface area contributed by atoms with Crippen LogP contribution in [0.25, 0.3) is 0 Å². The van der Waals surface area contributed by atoms with Gasteiger partial charge in [-0.15, -0.1) is 0 Å². The van der Waals surface area contributed by atoms with E-state index in [-0.39, 0.29) is 11.8 Å². The molecule has 0 unspecified atom stereocenters. The number of para-hydroxylation sites is 2. The van der Waals surface area contributed by atoms with Gasteiger partial charge in [-0.3, -0.25) is 19.8 Å². The molecule has 8 heteroatoms. The fourth-order valence-corrected chi connectivity index (χ4v) is 6.88. The third-order valence-corrected chi connectivity index (χ3v) is 8.37. The van der Waals surface area contributed by atoms with Gasteiger partial charge in [0.05, 0.1) is 18.4 Å². The Labute approximate surface area is 240 Å². The first-order valence-corrected chi connectivity index (χ1v) is 14.2. The zero-order chi connectivity index (χ0) is 29.2. The van der Waals surface area contributed by atoms with E-state index in [9.17, 15) is 9.59 Å². The number of likely N-dealkylation sites (N-methyl/N-ethyl adjacent to an activating group) is 1. The van der Waals surface area contributed by atoms with Gasteiger partial charge < -0.3 is 14.5 Å². The van der Waals surface area contributed by atoms with Crippen LogP contribution in [-0.2, 0) is 31.9 Å². The van der Waals surface area contributed by atoms with Crippen molar-refractivity contribution in [3.05, 3.63) is 95.6 Å². The van der Waals surface area contributed by atoms with Crippen LogP contribution in [0.4, 0.5) is 16.2 Å². The number of carbonyl (C=O) groups is 3. The number of anilines is 2. The second-order valence-electron chi connectivity index (χ2n) is 12.0. The molecule has 3 aliphatic rings. The minimum Gasteiger partial charge on any atom is -0.444 e. The zero-order valence-corrected chi connectivity index (χ0v) is 24.2. The summed E-state index contributed by atoms with van der Waals surface area (Å²) in [6.45, 7) is 7.74. The highest BCUT2D eigenvalue weighted by Crippen LogP contribution is 2.62. The summed E-state index contributed by atoms with van der Waals surface area (Å²) in [6.07, 6.45) is -0.0223. The van der Waals surface area contributed by atoms with Gasteiger partial charge in [0.25, 0.3) is 11.8 Å². The Morgan fingerprint density at radius 3 is 2.15 bits per heavy atom.